The van der Waals surface area contributed by atoms with E-state index in [1.807, 2.05) is 61.1 Å². The van der Waals surface area contributed by atoms with Gasteiger partial charge >= 0.3 is 5.97 Å². The zero-order chi connectivity index (χ0) is 29.6. The number of esters is 1. The van der Waals surface area contributed by atoms with E-state index in [2.05, 4.69) is 63.0 Å². The topological polar surface area (TPSA) is 86.5 Å². The number of hydrogen-bond donors (Lipinski definition) is 1. The first-order chi connectivity index (χ1) is 18.9. The van der Waals surface area contributed by atoms with Gasteiger partial charge in [0.2, 0.25) is 0 Å². The summed E-state index contributed by atoms with van der Waals surface area (Å²) in [6, 6.07) is 16.1. The van der Waals surface area contributed by atoms with Crippen LogP contribution in [0.2, 0.25) is 0 Å². The monoisotopic (exact) mass is 545 g/mol. The van der Waals surface area contributed by atoms with Crippen molar-refractivity contribution in [1.29, 1.82) is 0 Å². The van der Waals surface area contributed by atoms with E-state index in [0.29, 0.717) is 17.9 Å². The number of hydrogen-bond acceptors (Lipinski definition) is 6. The van der Waals surface area contributed by atoms with Crippen molar-refractivity contribution in [2.24, 2.45) is 10.8 Å². The van der Waals surface area contributed by atoms with E-state index in [9.17, 15) is 9.90 Å². The highest BCUT2D eigenvalue weighted by Crippen LogP contribution is 2.50. The van der Waals surface area contributed by atoms with Gasteiger partial charge in [-0.15, -0.1) is 11.5 Å². The molecule has 1 unspecified atom stereocenters. The molecule has 0 aliphatic rings. The molecule has 1 N–H and O–H groups in total. The van der Waals surface area contributed by atoms with Crippen molar-refractivity contribution in [2.75, 3.05) is 6.61 Å². The van der Waals surface area contributed by atoms with Gasteiger partial charge in [0, 0.05) is 5.92 Å². The van der Waals surface area contributed by atoms with Gasteiger partial charge in [0.25, 0.3) is 0 Å². The normalized spacial score (nSPS) is 13.0. The predicted molar refractivity (Wildman–Crippen MR) is 157 cm³/mol. The molecule has 7 nitrogen and oxygen atoms in total. The number of aliphatic hydroxyl groups excluding tert-OH is 1. The third kappa shape index (κ3) is 6.92. The lowest BCUT2D eigenvalue weighted by atomic mass is 9.61. The van der Waals surface area contributed by atoms with Crippen LogP contribution < -0.4 is 4.74 Å². The molecule has 2 aromatic carbocycles. The van der Waals surface area contributed by atoms with Crippen LogP contribution in [0.1, 0.15) is 83.2 Å². The second-order valence-corrected chi connectivity index (χ2v) is 12.1. The Morgan fingerprint density at radius 1 is 1.07 bits per heavy atom. The summed E-state index contributed by atoms with van der Waals surface area (Å²) in [6.45, 7) is 14.6. The number of nitrogens with zero attached hydrogens (tertiary/aromatic N) is 3. The highest BCUT2D eigenvalue weighted by atomic mass is 16.5. The molecule has 40 heavy (non-hydrogen) atoms. The van der Waals surface area contributed by atoms with Gasteiger partial charge in [0.05, 0.1) is 23.8 Å². The first-order valence-electron chi connectivity index (χ1n) is 13.8. The summed E-state index contributed by atoms with van der Waals surface area (Å²) in [5.74, 6) is 2.76. The number of aromatic nitrogens is 3. The molecular weight excluding hydrogens is 502 g/mol. The SMILES string of the molecule is C#CCOC(=O)C(C)(C)C(C)(C)CC(c1ccccc1)C(C)(C)n1cc(COc2cc(CC)cc(CO)c2)nn1. The zero-order valence-electron chi connectivity index (χ0n) is 24.9. The molecule has 0 amide bonds. The van der Waals surface area contributed by atoms with E-state index < -0.39 is 16.4 Å². The molecule has 0 fully saturated rings. The van der Waals surface area contributed by atoms with Crippen molar-refractivity contribution < 1.29 is 19.4 Å². The maximum Gasteiger partial charge on any atom is 0.313 e. The van der Waals surface area contributed by atoms with Gasteiger partial charge in [-0.1, -0.05) is 68.3 Å². The largest absolute Gasteiger partial charge is 0.487 e. The first kappa shape index (κ1) is 30.9. The lowest BCUT2D eigenvalue weighted by molar-refractivity contribution is -0.160. The minimum Gasteiger partial charge on any atom is -0.487 e. The van der Waals surface area contributed by atoms with Gasteiger partial charge in [-0.25, -0.2) is 4.68 Å². The van der Waals surface area contributed by atoms with Crippen molar-refractivity contribution in [1.82, 2.24) is 15.0 Å². The second-order valence-electron chi connectivity index (χ2n) is 12.1. The van der Waals surface area contributed by atoms with Gasteiger partial charge < -0.3 is 14.6 Å². The number of terminal acetylenes is 1. The average Bonchev–Trinajstić information content (AvgIpc) is 3.43. The number of aryl methyl sites for hydroxylation is 1. The predicted octanol–water partition coefficient (Wildman–Crippen LogP) is 6.05. The molecule has 3 aromatic rings. The summed E-state index contributed by atoms with van der Waals surface area (Å²) >= 11 is 0. The number of aliphatic hydroxyl groups is 1. The summed E-state index contributed by atoms with van der Waals surface area (Å²) in [5.41, 5.74) is 2.05. The summed E-state index contributed by atoms with van der Waals surface area (Å²) in [4.78, 5) is 13.0. The van der Waals surface area contributed by atoms with Crippen molar-refractivity contribution in [3.05, 3.63) is 77.1 Å². The van der Waals surface area contributed by atoms with Crippen LogP contribution in [0.3, 0.4) is 0 Å². The summed E-state index contributed by atoms with van der Waals surface area (Å²) in [5, 5.41) is 18.5. The van der Waals surface area contributed by atoms with Crippen molar-refractivity contribution in [3.8, 4) is 18.1 Å². The first-order valence-corrected chi connectivity index (χ1v) is 13.8. The Morgan fingerprint density at radius 2 is 1.75 bits per heavy atom. The van der Waals surface area contributed by atoms with Crippen molar-refractivity contribution in [2.45, 2.75) is 86.0 Å². The lowest BCUT2D eigenvalue weighted by Crippen LogP contribution is -2.45. The Hall–Kier alpha value is -3.63. The fourth-order valence-electron chi connectivity index (χ4n) is 4.86. The number of carbonyl (C=O) groups is 1. The van der Waals surface area contributed by atoms with Crippen LogP contribution in [0.4, 0.5) is 0 Å². The van der Waals surface area contributed by atoms with Gasteiger partial charge in [-0.05, 0) is 74.8 Å². The quantitative estimate of drug-likeness (QED) is 0.208. The summed E-state index contributed by atoms with van der Waals surface area (Å²) in [6.07, 6.45) is 8.78. The molecule has 0 aliphatic carbocycles. The molecule has 0 bridgehead atoms. The number of ether oxygens (including phenoxy) is 2. The second kappa shape index (κ2) is 12.7. The van der Waals surface area contributed by atoms with Crippen LogP contribution >= 0.6 is 0 Å². The molecule has 0 radical (unpaired) electrons. The van der Waals surface area contributed by atoms with E-state index in [1.54, 1.807) is 0 Å². The van der Waals surface area contributed by atoms with Crippen LogP contribution in [0.15, 0.2) is 54.7 Å². The maximum absolute atomic E-state index is 13.0. The lowest BCUT2D eigenvalue weighted by Gasteiger charge is -2.45. The molecule has 3 rings (SSSR count). The molecule has 214 valence electrons. The number of benzene rings is 2. The molecule has 0 spiro atoms. The molecule has 1 aromatic heterocycles. The zero-order valence-corrected chi connectivity index (χ0v) is 24.9. The Kier molecular flexibility index (Phi) is 9.81. The van der Waals surface area contributed by atoms with Gasteiger partial charge in [0.1, 0.15) is 18.1 Å². The molecule has 1 atom stereocenters. The van der Waals surface area contributed by atoms with Crippen LogP contribution in [0.25, 0.3) is 0 Å². The van der Waals surface area contributed by atoms with Crippen molar-refractivity contribution in [3.63, 3.8) is 0 Å². The minimum absolute atomic E-state index is 0.00720. The van der Waals surface area contributed by atoms with Crippen LogP contribution in [0.5, 0.6) is 5.75 Å². The Labute approximate surface area is 238 Å². The van der Waals surface area contributed by atoms with Crippen LogP contribution in [0, 0.1) is 23.2 Å². The number of carbonyl (C=O) groups excluding carboxylic acids is 1. The average molecular weight is 546 g/mol. The minimum atomic E-state index is -0.783. The summed E-state index contributed by atoms with van der Waals surface area (Å²) in [7, 11) is 0. The number of rotatable bonds is 13. The van der Waals surface area contributed by atoms with E-state index in [-0.39, 0.29) is 31.7 Å². The van der Waals surface area contributed by atoms with Crippen molar-refractivity contribution >= 4 is 5.97 Å². The molecule has 0 aliphatic heterocycles. The fourth-order valence-corrected chi connectivity index (χ4v) is 4.86. The highest BCUT2D eigenvalue weighted by molar-refractivity contribution is 5.77. The molecule has 7 heteroatoms. The summed E-state index contributed by atoms with van der Waals surface area (Å²) < 4.78 is 13.3. The van der Waals surface area contributed by atoms with Crippen LogP contribution in [-0.4, -0.2) is 32.7 Å². The van der Waals surface area contributed by atoms with Gasteiger partial charge in [-0.3, -0.25) is 4.79 Å². The standard InChI is InChI=1S/C33H43N3O4/c1-9-16-39-30(38)32(5,6)31(3,4)20-29(26-14-12-11-13-15-26)33(7,8)36-21-27(34-35-36)23-40-28-18-24(10-2)17-25(19-28)22-37/h1,11-15,17-19,21,29,37H,10,16,20,22-23H2,2-8H3. The Balaban J connectivity index is 1.88. The van der Waals surface area contributed by atoms with Gasteiger partial charge in [0.15, 0.2) is 6.61 Å². The maximum atomic E-state index is 13.0. The molecule has 1 heterocycles. The van der Waals surface area contributed by atoms with Gasteiger partial charge in [-0.2, -0.15) is 0 Å². The molecular formula is C33H43N3O4. The third-order valence-electron chi connectivity index (χ3n) is 8.39. The molecule has 0 saturated heterocycles. The highest BCUT2D eigenvalue weighted by Gasteiger charge is 2.48. The third-order valence-corrected chi connectivity index (χ3v) is 8.39. The van der Waals surface area contributed by atoms with E-state index in [4.69, 9.17) is 15.9 Å². The Morgan fingerprint density at radius 3 is 2.38 bits per heavy atom. The van der Waals surface area contributed by atoms with E-state index in [0.717, 1.165) is 23.1 Å². The van der Waals surface area contributed by atoms with E-state index in [1.165, 1.54) is 0 Å². The molecule has 0 saturated carbocycles. The van der Waals surface area contributed by atoms with E-state index >= 15 is 0 Å². The van der Waals surface area contributed by atoms with Crippen LogP contribution in [-0.2, 0) is 34.7 Å². The Bertz CT molecular complexity index is 1300. The smallest absolute Gasteiger partial charge is 0.313 e. The fraction of sp³-hybridized carbons (Fsp3) is 0.485.